The van der Waals surface area contributed by atoms with Gasteiger partial charge in [0.15, 0.2) is 11.5 Å². The average Bonchev–Trinajstić information content (AvgIpc) is 3.07. The van der Waals surface area contributed by atoms with Gasteiger partial charge in [-0.2, -0.15) is 4.99 Å². The Hall–Kier alpha value is -4.08. The lowest BCUT2D eigenvalue weighted by Gasteiger charge is -2.19. The van der Waals surface area contributed by atoms with Gasteiger partial charge in [-0.3, -0.25) is 14.9 Å². The Labute approximate surface area is 178 Å². The first-order valence-corrected chi connectivity index (χ1v) is 9.72. The highest BCUT2D eigenvalue weighted by Crippen LogP contribution is 2.32. The van der Waals surface area contributed by atoms with E-state index in [4.69, 9.17) is 15.2 Å². The van der Waals surface area contributed by atoms with Crippen molar-refractivity contribution in [1.82, 2.24) is 5.32 Å². The third-order valence-electron chi connectivity index (χ3n) is 4.57. The molecule has 0 spiro atoms. The molecule has 0 radical (unpaired) electrons. The molecule has 10 nitrogen and oxygen atoms in total. The van der Waals surface area contributed by atoms with Crippen LogP contribution in [0, 0.1) is 6.92 Å². The van der Waals surface area contributed by atoms with Crippen LogP contribution < -0.4 is 31.2 Å². The standard InChI is InChI=1S/C21H22N6O4/c1-12-2-4-13(5-3-12)24-20(22)27-21-25-15(19(29)26-21)11-18(28)23-14-6-7-16-17(10-14)31-9-8-30-16/h2-7,10,15H,8-9,11H2,1H3,(H,23,28)(H4,22,24,25,26,27,29). The van der Waals surface area contributed by atoms with Crippen LogP contribution in [-0.2, 0) is 9.59 Å². The van der Waals surface area contributed by atoms with E-state index in [1.807, 2.05) is 31.2 Å². The van der Waals surface area contributed by atoms with Gasteiger partial charge in [0.1, 0.15) is 19.3 Å². The van der Waals surface area contributed by atoms with Gasteiger partial charge in [-0.15, -0.1) is 0 Å². The van der Waals surface area contributed by atoms with Crippen molar-refractivity contribution in [1.29, 1.82) is 0 Å². The summed E-state index contributed by atoms with van der Waals surface area (Å²) < 4.78 is 11.0. The average molecular weight is 422 g/mol. The van der Waals surface area contributed by atoms with Gasteiger partial charge < -0.3 is 25.8 Å². The Morgan fingerprint density at radius 3 is 2.61 bits per heavy atom. The van der Waals surface area contributed by atoms with Crippen molar-refractivity contribution in [3.05, 3.63) is 48.0 Å². The first-order chi connectivity index (χ1) is 15.0. The van der Waals surface area contributed by atoms with E-state index in [1.54, 1.807) is 18.2 Å². The van der Waals surface area contributed by atoms with Crippen LogP contribution in [0.5, 0.6) is 11.5 Å². The van der Waals surface area contributed by atoms with Crippen LogP contribution in [-0.4, -0.2) is 43.0 Å². The Morgan fingerprint density at radius 2 is 1.84 bits per heavy atom. The topological polar surface area (TPSA) is 139 Å². The van der Waals surface area contributed by atoms with Crippen LogP contribution >= 0.6 is 0 Å². The molecule has 160 valence electrons. The molecule has 0 fully saturated rings. The number of amides is 2. The molecule has 4 rings (SSSR count). The number of rotatable bonds is 4. The Balaban J connectivity index is 1.35. The summed E-state index contributed by atoms with van der Waals surface area (Å²) in [6.07, 6.45) is -0.134. The number of benzene rings is 2. The zero-order valence-electron chi connectivity index (χ0n) is 16.8. The highest BCUT2D eigenvalue weighted by atomic mass is 16.6. The fraction of sp³-hybridized carbons (Fsp3) is 0.238. The summed E-state index contributed by atoms with van der Waals surface area (Å²) in [6, 6.07) is 11.8. The zero-order chi connectivity index (χ0) is 21.8. The van der Waals surface area contributed by atoms with E-state index in [2.05, 4.69) is 25.9 Å². The van der Waals surface area contributed by atoms with Crippen LogP contribution in [0.4, 0.5) is 11.4 Å². The van der Waals surface area contributed by atoms with Crippen LogP contribution in [0.2, 0.25) is 0 Å². The van der Waals surface area contributed by atoms with Crippen LogP contribution in [0.3, 0.4) is 0 Å². The number of nitrogens with zero attached hydrogens (tertiary/aromatic N) is 2. The van der Waals surface area contributed by atoms with Gasteiger partial charge in [0.25, 0.3) is 5.91 Å². The van der Waals surface area contributed by atoms with Crippen molar-refractivity contribution in [2.24, 2.45) is 15.7 Å². The smallest absolute Gasteiger partial charge is 0.252 e. The van der Waals surface area contributed by atoms with Crippen LogP contribution in [0.25, 0.3) is 0 Å². The summed E-state index contributed by atoms with van der Waals surface area (Å²) in [6.45, 7) is 2.92. The second kappa shape index (κ2) is 8.74. The number of hydrogen-bond donors (Lipinski definition) is 4. The quantitative estimate of drug-likeness (QED) is 0.434. The minimum absolute atomic E-state index is 0.0549. The third-order valence-corrected chi connectivity index (χ3v) is 4.57. The highest BCUT2D eigenvalue weighted by molar-refractivity contribution is 6.11. The molecule has 2 aliphatic rings. The molecule has 1 unspecified atom stereocenters. The number of ether oxygens (including phenoxy) is 2. The molecule has 10 heteroatoms. The molecule has 31 heavy (non-hydrogen) atoms. The number of carbonyl (C=O) groups is 2. The van der Waals surface area contributed by atoms with Crippen molar-refractivity contribution >= 4 is 35.1 Å². The summed E-state index contributed by atoms with van der Waals surface area (Å²) in [7, 11) is 0. The molecule has 0 bridgehead atoms. The lowest BCUT2D eigenvalue weighted by Crippen LogP contribution is -2.32. The summed E-state index contributed by atoms with van der Waals surface area (Å²) in [5.41, 5.74) is 8.30. The Bertz CT molecular complexity index is 1060. The largest absolute Gasteiger partial charge is 0.486 e. The van der Waals surface area contributed by atoms with E-state index in [0.29, 0.717) is 30.4 Å². The van der Waals surface area contributed by atoms with Crippen molar-refractivity contribution in [3.8, 4) is 11.5 Å². The molecule has 2 aromatic rings. The monoisotopic (exact) mass is 422 g/mol. The molecule has 2 aromatic carbocycles. The molecular formula is C21H22N6O4. The van der Waals surface area contributed by atoms with E-state index in [0.717, 1.165) is 11.3 Å². The number of hydrogen-bond acceptors (Lipinski definition) is 6. The van der Waals surface area contributed by atoms with Crippen molar-refractivity contribution in [2.75, 3.05) is 23.8 Å². The molecule has 5 N–H and O–H groups in total. The first kappa shape index (κ1) is 20.2. The zero-order valence-corrected chi connectivity index (χ0v) is 16.8. The molecule has 0 aromatic heterocycles. The van der Waals surface area contributed by atoms with Gasteiger partial charge in [-0.05, 0) is 31.2 Å². The maximum atomic E-state index is 12.4. The fourth-order valence-electron chi connectivity index (χ4n) is 3.06. The van der Waals surface area contributed by atoms with E-state index in [-0.39, 0.29) is 24.2 Å². The number of guanidine groups is 2. The first-order valence-electron chi connectivity index (χ1n) is 9.72. The molecule has 1 atom stereocenters. The Kier molecular flexibility index (Phi) is 5.69. The SMILES string of the molecule is Cc1ccc(N/C(N)=N/C2=NC(CC(=O)Nc3ccc4c(c3)OCCO4)C(=O)N2)cc1. The molecule has 0 aliphatic carbocycles. The third kappa shape index (κ3) is 5.10. The lowest BCUT2D eigenvalue weighted by atomic mass is 10.2. The van der Waals surface area contributed by atoms with Gasteiger partial charge in [-0.25, -0.2) is 4.99 Å². The van der Waals surface area contributed by atoms with Crippen LogP contribution in [0.15, 0.2) is 52.4 Å². The minimum Gasteiger partial charge on any atom is -0.486 e. The highest BCUT2D eigenvalue weighted by Gasteiger charge is 2.29. The molecular weight excluding hydrogens is 400 g/mol. The number of aliphatic imine (C=N–C) groups is 2. The van der Waals surface area contributed by atoms with Gasteiger partial charge >= 0.3 is 0 Å². The van der Waals surface area contributed by atoms with E-state index < -0.39 is 11.9 Å². The van der Waals surface area contributed by atoms with Gasteiger partial charge in [-0.1, -0.05) is 17.7 Å². The predicted molar refractivity (Wildman–Crippen MR) is 116 cm³/mol. The molecule has 2 heterocycles. The van der Waals surface area contributed by atoms with Gasteiger partial charge in [0, 0.05) is 17.4 Å². The normalized spacial score (nSPS) is 17.6. The maximum absolute atomic E-state index is 12.4. The van der Waals surface area contributed by atoms with Crippen molar-refractivity contribution < 1.29 is 19.1 Å². The second-order valence-corrected chi connectivity index (χ2v) is 7.06. The predicted octanol–water partition coefficient (Wildman–Crippen LogP) is 1.38. The van der Waals surface area contributed by atoms with E-state index in [1.165, 1.54) is 0 Å². The summed E-state index contributed by atoms with van der Waals surface area (Å²) in [5.74, 6) is 0.538. The maximum Gasteiger partial charge on any atom is 0.252 e. The number of nitrogens with one attached hydrogen (secondary N) is 3. The van der Waals surface area contributed by atoms with Gasteiger partial charge in [0.2, 0.25) is 17.8 Å². The molecule has 0 saturated carbocycles. The van der Waals surface area contributed by atoms with E-state index in [9.17, 15) is 9.59 Å². The summed E-state index contributed by atoms with van der Waals surface area (Å²) >= 11 is 0. The van der Waals surface area contributed by atoms with Crippen molar-refractivity contribution in [3.63, 3.8) is 0 Å². The number of nitrogens with two attached hydrogens (primary N) is 1. The number of aryl methyl sites for hydroxylation is 1. The summed E-state index contributed by atoms with van der Waals surface area (Å²) in [4.78, 5) is 32.8. The molecule has 2 aliphatic heterocycles. The fourth-order valence-corrected chi connectivity index (χ4v) is 3.06. The Morgan fingerprint density at radius 1 is 1.13 bits per heavy atom. The van der Waals surface area contributed by atoms with E-state index >= 15 is 0 Å². The minimum atomic E-state index is -0.886. The number of carbonyl (C=O) groups excluding carboxylic acids is 2. The molecule has 0 saturated heterocycles. The van der Waals surface area contributed by atoms with Gasteiger partial charge in [0.05, 0.1) is 6.42 Å². The molecule has 2 amide bonds. The second-order valence-electron chi connectivity index (χ2n) is 7.06. The van der Waals surface area contributed by atoms with Crippen LogP contribution in [0.1, 0.15) is 12.0 Å². The number of anilines is 2. The number of fused-ring (bicyclic) bond motifs is 1. The summed E-state index contributed by atoms with van der Waals surface area (Å²) in [5, 5.41) is 8.18. The lowest BCUT2D eigenvalue weighted by molar-refractivity contribution is -0.123. The van der Waals surface area contributed by atoms with Crippen molar-refractivity contribution in [2.45, 2.75) is 19.4 Å².